The van der Waals surface area contributed by atoms with Gasteiger partial charge in [0.05, 0.1) is 23.2 Å². The fourth-order valence-corrected chi connectivity index (χ4v) is 4.87. The molecule has 0 saturated carbocycles. The molecule has 8 heteroatoms. The maximum absolute atomic E-state index is 13.3. The normalized spacial score (nSPS) is 12.0. The maximum atomic E-state index is 13.3. The third-order valence-corrected chi connectivity index (χ3v) is 7.04. The van der Waals surface area contributed by atoms with Crippen LogP contribution in [-0.4, -0.2) is 17.7 Å². The molecule has 2 aromatic heterocycles. The van der Waals surface area contributed by atoms with Crippen molar-refractivity contribution in [3.63, 3.8) is 0 Å². The van der Waals surface area contributed by atoms with Gasteiger partial charge in [-0.15, -0.1) is 0 Å². The molecule has 0 saturated heterocycles. The van der Waals surface area contributed by atoms with Crippen LogP contribution in [0.25, 0.3) is 10.9 Å². The quantitative estimate of drug-likeness (QED) is 0.485. The number of H-pyrrole nitrogens is 1. The molecule has 0 spiro atoms. The smallest absolute Gasteiger partial charge is 0.252 e. The lowest BCUT2D eigenvalue weighted by molar-refractivity contribution is 0.357. The molecule has 2 aromatic carbocycles. The molecule has 6 nitrogen and oxygen atoms in total. The van der Waals surface area contributed by atoms with Gasteiger partial charge in [0, 0.05) is 17.5 Å². The van der Waals surface area contributed by atoms with Gasteiger partial charge < -0.3 is 9.40 Å². The van der Waals surface area contributed by atoms with Crippen molar-refractivity contribution in [3.05, 3.63) is 99.5 Å². The maximum Gasteiger partial charge on any atom is 0.252 e. The number of nitrogens with zero attached hydrogens (tertiary/aromatic N) is 1. The van der Waals surface area contributed by atoms with Crippen molar-refractivity contribution in [1.82, 2.24) is 9.29 Å². The third kappa shape index (κ3) is 4.17. The van der Waals surface area contributed by atoms with E-state index in [1.807, 2.05) is 26.0 Å². The topological polar surface area (TPSA) is 83.4 Å². The number of sulfonamides is 1. The number of aromatic nitrogens is 1. The number of furan rings is 1. The third-order valence-electron chi connectivity index (χ3n) is 5.23. The van der Waals surface area contributed by atoms with Crippen LogP contribution in [0.3, 0.4) is 0 Å². The summed E-state index contributed by atoms with van der Waals surface area (Å²) < 4.78 is 46.5. The molecule has 0 fully saturated rings. The van der Waals surface area contributed by atoms with Crippen LogP contribution in [0, 0.1) is 19.7 Å². The van der Waals surface area contributed by atoms with Crippen LogP contribution in [0.2, 0.25) is 0 Å². The summed E-state index contributed by atoms with van der Waals surface area (Å²) in [6.07, 6.45) is 1.45. The Bertz CT molecular complexity index is 1390. The van der Waals surface area contributed by atoms with Crippen LogP contribution in [0.15, 0.2) is 75.0 Å². The molecule has 0 radical (unpaired) electrons. The van der Waals surface area contributed by atoms with Gasteiger partial charge in [-0.2, -0.15) is 4.31 Å². The van der Waals surface area contributed by atoms with Crippen molar-refractivity contribution in [2.75, 3.05) is 0 Å². The van der Waals surface area contributed by atoms with E-state index in [4.69, 9.17) is 4.42 Å². The minimum absolute atomic E-state index is 0.0651. The van der Waals surface area contributed by atoms with Crippen LogP contribution in [0.4, 0.5) is 4.39 Å². The Morgan fingerprint density at radius 3 is 2.39 bits per heavy atom. The van der Waals surface area contributed by atoms with Gasteiger partial charge in [-0.3, -0.25) is 4.79 Å². The highest BCUT2D eigenvalue weighted by molar-refractivity contribution is 7.89. The van der Waals surface area contributed by atoms with Crippen LogP contribution < -0.4 is 5.56 Å². The van der Waals surface area contributed by atoms with Crippen molar-refractivity contribution in [2.45, 2.75) is 31.8 Å². The van der Waals surface area contributed by atoms with Crippen LogP contribution in [0.1, 0.15) is 22.5 Å². The minimum Gasteiger partial charge on any atom is -0.468 e. The Labute approximate surface area is 179 Å². The van der Waals surface area contributed by atoms with Gasteiger partial charge in [-0.25, -0.2) is 12.8 Å². The van der Waals surface area contributed by atoms with Crippen molar-refractivity contribution < 1.29 is 17.2 Å². The Hall–Kier alpha value is -3.23. The number of halogens is 1. The molecule has 31 heavy (non-hydrogen) atoms. The van der Waals surface area contributed by atoms with Gasteiger partial charge in [-0.05, 0) is 67.4 Å². The second kappa shape index (κ2) is 8.13. The van der Waals surface area contributed by atoms with E-state index in [2.05, 4.69) is 4.98 Å². The largest absolute Gasteiger partial charge is 0.468 e. The molecule has 0 aliphatic heterocycles. The van der Waals surface area contributed by atoms with Gasteiger partial charge in [0.1, 0.15) is 11.6 Å². The zero-order chi connectivity index (χ0) is 22.2. The van der Waals surface area contributed by atoms with Crippen molar-refractivity contribution >= 4 is 20.9 Å². The predicted octanol–water partition coefficient (Wildman–Crippen LogP) is 4.27. The van der Waals surface area contributed by atoms with E-state index in [9.17, 15) is 17.6 Å². The van der Waals surface area contributed by atoms with E-state index in [0.717, 1.165) is 38.5 Å². The second-order valence-electron chi connectivity index (χ2n) is 7.42. The number of aryl methyl sites for hydroxylation is 2. The van der Waals surface area contributed by atoms with Gasteiger partial charge in [-0.1, -0.05) is 12.1 Å². The molecule has 4 aromatic rings. The highest BCUT2D eigenvalue weighted by Gasteiger charge is 2.27. The second-order valence-corrected chi connectivity index (χ2v) is 9.36. The molecule has 0 aliphatic rings. The van der Waals surface area contributed by atoms with Crippen LogP contribution in [0.5, 0.6) is 0 Å². The molecule has 0 unspecified atom stereocenters. The first-order chi connectivity index (χ1) is 14.8. The average Bonchev–Trinajstić information content (AvgIpc) is 3.25. The van der Waals surface area contributed by atoms with Gasteiger partial charge in [0.2, 0.25) is 10.0 Å². The fraction of sp³-hybridized carbons (Fsp3) is 0.174. The number of pyridine rings is 1. The first kappa shape index (κ1) is 21.0. The molecule has 2 heterocycles. The fourth-order valence-electron chi connectivity index (χ4n) is 3.48. The number of benzene rings is 2. The zero-order valence-corrected chi connectivity index (χ0v) is 17.9. The minimum atomic E-state index is -4.03. The Morgan fingerprint density at radius 1 is 1.00 bits per heavy atom. The zero-order valence-electron chi connectivity index (χ0n) is 17.1. The molecule has 0 amide bonds. The van der Waals surface area contributed by atoms with Crippen LogP contribution in [-0.2, 0) is 23.1 Å². The Morgan fingerprint density at radius 2 is 1.71 bits per heavy atom. The number of nitrogens with one attached hydrogen (secondary N) is 1. The van der Waals surface area contributed by atoms with Gasteiger partial charge >= 0.3 is 0 Å². The number of hydrogen-bond donors (Lipinski definition) is 1. The molecule has 4 rings (SSSR count). The highest BCUT2D eigenvalue weighted by Crippen LogP contribution is 2.24. The number of fused-ring (bicyclic) bond motifs is 1. The Balaban J connectivity index is 1.80. The summed E-state index contributed by atoms with van der Waals surface area (Å²) in [6, 6.07) is 13.5. The van der Waals surface area contributed by atoms with Crippen molar-refractivity contribution in [2.24, 2.45) is 0 Å². The highest BCUT2D eigenvalue weighted by atomic mass is 32.2. The molecular formula is C23H21FN2O4S. The summed E-state index contributed by atoms with van der Waals surface area (Å²) >= 11 is 0. The summed E-state index contributed by atoms with van der Waals surface area (Å²) in [4.78, 5) is 15.6. The predicted molar refractivity (Wildman–Crippen MR) is 116 cm³/mol. The van der Waals surface area contributed by atoms with E-state index in [1.165, 1.54) is 18.4 Å². The molecule has 160 valence electrons. The van der Waals surface area contributed by atoms with E-state index >= 15 is 0 Å². The molecular weight excluding hydrogens is 419 g/mol. The van der Waals surface area contributed by atoms with Gasteiger partial charge in [0.15, 0.2) is 0 Å². The van der Waals surface area contributed by atoms with Crippen molar-refractivity contribution in [3.8, 4) is 0 Å². The number of rotatable bonds is 6. The molecule has 0 atom stereocenters. The van der Waals surface area contributed by atoms with E-state index < -0.39 is 15.8 Å². The van der Waals surface area contributed by atoms with E-state index in [0.29, 0.717) is 11.3 Å². The van der Waals surface area contributed by atoms with Crippen LogP contribution >= 0.6 is 0 Å². The van der Waals surface area contributed by atoms with E-state index in [1.54, 1.807) is 18.2 Å². The first-order valence-electron chi connectivity index (χ1n) is 9.66. The Kier molecular flexibility index (Phi) is 5.51. The number of hydrogen-bond acceptors (Lipinski definition) is 4. The van der Waals surface area contributed by atoms with Crippen molar-refractivity contribution in [1.29, 1.82) is 0 Å². The average molecular weight is 440 g/mol. The molecule has 1 N–H and O–H groups in total. The molecule has 0 aliphatic carbocycles. The summed E-state index contributed by atoms with van der Waals surface area (Å²) in [6.45, 7) is 3.59. The summed E-state index contributed by atoms with van der Waals surface area (Å²) in [5.41, 5.74) is 2.57. The summed E-state index contributed by atoms with van der Waals surface area (Å²) in [5, 5.41) is 0.853. The SMILES string of the molecule is Cc1ccc(C)c2[nH]c(=O)c(CN(Cc3ccco3)S(=O)(=O)c3ccc(F)cc3)cc12. The lowest BCUT2D eigenvalue weighted by Gasteiger charge is -2.21. The monoisotopic (exact) mass is 440 g/mol. The standard InChI is InChI=1S/C23H21FN2O4S/c1-15-5-6-16(2)22-21(15)12-17(23(27)25-22)13-26(14-19-4-3-11-30-19)31(28,29)20-9-7-18(24)8-10-20/h3-12H,13-14H2,1-2H3,(H,25,27). The summed E-state index contributed by atoms with van der Waals surface area (Å²) in [5.74, 6) is -0.108. The molecule has 0 bridgehead atoms. The number of aromatic amines is 1. The lowest BCUT2D eigenvalue weighted by atomic mass is 10.0. The van der Waals surface area contributed by atoms with E-state index in [-0.39, 0.29) is 23.5 Å². The lowest BCUT2D eigenvalue weighted by Crippen LogP contribution is -2.32. The van der Waals surface area contributed by atoms with Gasteiger partial charge in [0.25, 0.3) is 5.56 Å². The first-order valence-corrected chi connectivity index (χ1v) is 11.1. The summed E-state index contributed by atoms with van der Waals surface area (Å²) in [7, 11) is -4.03.